The monoisotopic (exact) mass is 338 g/mol. The van der Waals surface area contributed by atoms with Gasteiger partial charge in [0, 0.05) is 24.8 Å². The van der Waals surface area contributed by atoms with E-state index in [1.165, 1.54) is 18.2 Å². The highest BCUT2D eigenvalue weighted by Crippen LogP contribution is 2.33. The van der Waals surface area contributed by atoms with Crippen molar-refractivity contribution in [2.75, 3.05) is 19.0 Å². The molecular formula is C21H26N2O2. The zero-order valence-electron chi connectivity index (χ0n) is 15.2. The van der Waals surface area contributed by atoms with Gasteiger partial charge in [-0.05, 0) is 38.0 Å². The third kappa shape index (κ3) is 3.85. The van der Waals surface area contributed by atoms with Gasteiger partial charge < -0.3 is 10.1 Å². The fourth-order valence-electron chi connectivity index (χ4n) is 3.63. The van der Waals surface area contributed by atoms with Crippen molar-refractivity contribution in [3.8, 4) is 0 Å². The van der Waals surface area contributed by atoms with Crippen LogP contribution < -0.4 is 5.32 Å². The Kier molecular flexibility index (Phi) is 5.09. The minimum atomic E-state index is -0.710. The number of ether oxygens (including phenoxy) is 1. The van der Waals surface area contributed by atoms with Crippen LogP contribution >= 0.6 is 0 Å². The summed E-state index contributed by atoms with van der Waals surface area (Å²) in [6.07, 6.45) is 0.723. The van der Waals surface area contributed by atoms with Crippen LogP contribution in [-0.4, -0.2) is 36.1 Å². The molecule has 0 aromatic heterocycles. The number of benzene rings is 2. The number of hydrogen-bond acceptors (Lipinski definition) is 4. The standard InChI is InChI=1S/C21H26N2O2/c1-16-9-11-19(12-10-16)22-21(20(24)25-3)13-17(2)23(15-21)14-18-7-5-4-6-8-18/h4-12,17,22H,13-15H2,1-3H3. The van der Waals surface area contributed by atoms with Crippen molar-refractivity contribution in [2.45, 2.75) is 38.4 Å². The van der Waals surface area contributed by atoms with E-state index in [2.05, 4.69) is 36.2 Å². The van der Waals surface area contributed by atoms with Gasteiger partial charge >= 0.3 is 5.97 Å². The van der Waals surface area contributed by atoms with Crippen LogP contribution in [0.1, 0.15) is 24.5 Å². The lowest BCUT2D eigenvalue weighted by Crippen LogP contribution is -2.49. The smallest absolute Gasteiger partial charge is 0.332 e. The summed E-state index contributed by atoms with van der Waals surface area (Å²) < 4.78 is 5.15. The molecule has 0 saturated carbocycles. The van der Waals surface area contributed by atoms with E-state index in [4.69, 9.17) is 4.74 Å². The van der Waals surface area contributed by atoms with Crippen LogP contribution in [-0.2, 0) is 16.1 Å². The van der Waals surface area contributed by atoms with E-state index in [1.807, 2.05) is 42.5 Å². The summed E-state index contributed by atoms with van der Waals surface area (Å²) in [7, 11) is 1.46. The molecule has 4 heteroatoms. The minimum absolute atomic E-state index is 0.199. The molecule has 0 amide bonds. The maximum absolute atomic E-state index is 12.6. The predicted molar refractivity (Wildman–Crippen MR) is 100 cm³/mol. The van der Waals surface area contributed by atoms with Crippen molar-refractivity contribution < 1.29 is 9.53 Å². The summed E-state index contributed by atoms with van der Waals surface area (Å²) in [6, 6.07) is 18.8. The maximum atomic E-state index is 12.6. The Labute approximate surface area is 149 Å². The number of hydrogen-bond donors (Lipinski definition) is 1. The molecule has 1 aliphatic rings. The van der Waals surface area contributed by atoms with Crippen LogP contribution in [0.25, 0.3) is 0 Å². The summed E-state index contributed by atoms with van der Waals surface area (Å²) in [4.78, 5) is 15.0. The quantitative estimate of drug-likeness (QED) is 0.846. The minimum Gasteiger partial charge on any atom is -0.467 e. The Hall–Kier alpha value is -2.33. The van der Waals surface area contributed by atoms with E-state index in [0.717, 1.165) is 18.7 Å². The molecule has 25 heavy (non-hydrogen) atoms. The van der Waals surface area contributed by atoms with E-state index in [0.29, 0.717) is 6.54 Å². The molecular weight excluding hydrogens is 312 g/mol. The van der Waals surface area contributed by atoms with Gasteiger partial charge in [-0.15, -0.1) is 0 Å². The molecule has 2 aromatic carbocycles. The lowest BCUT2D eigenvalue weighted by atomic mass is 9.95. The van der Waals surface area contributed by atoms with Gasteiger partial charge in [-0.3, -0.25) is 4.90 Å². The van der Waals surface area contributed by atoms with Crippen LogP contribution in [0.4, 0.5) is 5.69 Å². The number of carbonyl (C=O) groups excluding carboxylic acids is 1. The number of nitrogens with one attached hydrogen (secondary N) is 1. The summed E-state index contributed by atoms with van der Waals surface area (Å²) in [6.45, 7) is 5.68. The predicted octanol–water partition coefficient (Wildman–Crippen LogP) is 3.61. The third-order valence-electron chi connectivity index (χ3n) is 4.98. The number of anilines is 1. The zero-order chi connectivity index (χ0) is 17.9. The molecule has 1 fully saturated rings. The molecule has 0 bridgehead atoms. The van der Waals surface area contributed by atoms with Crippen molar-refractivity contribution in [3.05, 3.63) is 65.7 Å². The lowest BCUT2D eigenvalue weighted by molar-refractivity contribution is -0.145. The summed E-state index contributed by atoms with van der Waals surface area (Å²) >= 11 is 0. The Bertz CT molecular complexity index is 714. The third-order valence-corrected chi connectivity index (χ3v) is 4.98. The second-order valence-electron chi connectivity index (χ2n) is 7.01. The van der Waals surface area contributed by atoms with Crippen LogP contribution in [0.3, 0.4) is 0 Å². The summed E-state index contributed by atoms with van der Waals surface area (Å²) in [5.74, 6) is -0.199. The first-order chi connectivity index (χ1) is 12.0. The highest BCUT2D eigenvalue weighted by atomic mass is 16.5. The molecule has 3 rings (SSSR count). The average Bonchev–Trinajstić information content (AvgIpc) is 2.93. The van der Waals surface area contributed by atoms with Crippen LogP contribution in [0.15, 0.2) is 54.6 Å². The zero-order valence-corrected chi connectivity index (χ0v) is 15.2. The van der Waals surface area contributed by atoms with E-state index < -0.39 is 5.54 Å². The first-order valence-electron chi connectivity index (χ1n) is 8.74. The molecule has 1 aliphatic heterocycles. The molecule has 0 spiro atoms. The van der Waals surface area contributed by atoms with Gasteiger partial charge in [0.1, 0.15) is 5.54 Å². The molecule has 0 aliphatic carbocycles. The van der Waals surface area contributed by atoms with Crippen molar-refractivity contribution >= 4 is 11.7 Å². The van der Waals surface area contributed by atoms with Crippen molar-refractivity contribution in [1.82, 2.24) is 4.90 Å². The molecule has 0 radical (unpaired) electrons. The van der Waals surface area contributed by atoms with E-state index in [1.54, 1.807) is 0 Å². The van der Waals surface area contributed by atoms with Crippen molar-refractivity contribution in [3.63, 3.8) is 0 Å². The van der Waals surface area contributed by atoms with Gasteiger partial charge in [0.05, 0.1) is 7.11 Å². The van der Waals surface area contributed by atoms with Gasteiger partial charge in [-0.1, -0.05) is 48.0 Å². The van der Waals surface area contributed by atoms with Gasteiger partial charge in [0.25, 0.3) is 0 Å². The average molecular weight is 338 g/mol. The van der Waals surface area contributed by atoms with Gasteiger partial charge in [-0.2, -0.15) is 0 Å². The van der Waals surface area contributed by atoms with E-state index in [-0.39, 0.29) is 12.0 Å². The number of aryl methyl sites for hydroxylation is 1. The Morgan fingerprint density at radius 2 is 1.88 bits per heavy atom. The van der Waals surface area contributed by atoms with Gasteiger partial charge in [0.2, 0.25) is 0 Å². The second-order valence-corrected chi connectivity index (χ2v) is 7.01. The summed E-state index contributed by atoms with van der Waals surface area (Å²) in [5, 5.41) is 3.46. The van der Waals surface area contributed by atoms with E-state index >= 15 is 0 Å². The number of methoxy groups -OCH3 is 1. The van der Waals surface area contributed by atoms with Gasteiger partial charge in [-0.25, -0.2) is 4.79 Å². The van der Waals surface area contributed by atoms with E-state index in [9.17, 15) is 4.79 Å². The van der Waals surface area contributed by atoms with Crippen molar-refractivity contribution in [2.24, 2.45) is 0 Å². The molecule has 132 valence electrons. The first-order valence-corrected chi connectivity index (χ1v) is 8.74. The van der Waals surface area contributed by atoms with Crippen molar-refractivity contribution in [1.29, 1.82) is 0 Å². The highest BCUT2D eigenvalue weighted by molar-refractivity contribution is 5.85. The Morgan fingerprint density at radius 3 is 2.52 bits per heavy atom. The first kappa shape index (κ1) is 17.5. The van der Waals surface area contributed by atoms with Crippen LogP contribution in [0.2, 0.25) is 0 Å². The number of nitrogens with zero attached hydrogens (tertiary/aromatic N) is 1. The summed E-state index contributed by atoms with van der Waals surface area (Å²) in [5.41, 5.74) is 2.69. The fourth-order valence-corrected chi connectivity index (χ4v) is 3.63. The number of rotatable bonds is 5. The normalized spacial score (nSPS) is 23.4. The largest absolute Gasteiger partial charge is 0.467 e. The number of esters is 1. The Morgan fingerprint density at radius 1 is 1.20 bits per heavy atom. The van der Waals surface area contributed by atoms with Gasteiger partial charge in [0.15, 0.2) is 0 Å². The maximum Gasteiger partial charge on any atom is 0.332 e. The topological polar surface area (TPSA) is 41.6 Å². The lowest BCUT2D eigenvalue weighted by Gasteiger charge is -2.29. The van der Waals surface area contributed by atoms with Crippen LogP contribution in [0, 0.1) is 6.92 Å². The van der Waals surface area contributed by atoms with Crippen LogP contribution in [0.5, 0.6) is 0 Å². The fraction of sp³-hybridized carbons (Fsp3) is 0.381. The number of likely N-dealkylation sites (tertiary alicyclic amines) is 1. The molecule has 2 unspecified atom stereocenters. The molecule has 1 saturated heterocycles. The molecule has 4 nitrogen and oxygen atoms in total. The highest BCUT2D eigenvalue weighted by Gasteiger charge is 2.48. The molecule has 2 aromatic rings. The SMILES string of the molecule is COC(=O)C1(Nc2ccc(C)cc2)CC(C)N(Cc2ccccc2)C1. The molecule has 2 atom stereocenters. The molecule has 1 N–H and O–H groups in total. The second kappa shape index (κ2) is 7.28. The molecule has 1 heterocycles. The number of carbonyl (C=O) groups is 1. The Balaban J connectivity index is 1.81.